The third-order valence-electron chi connectivity index (χ3n) is 6.14. The van der Waals surface area contributed by atoms with Gasteiger partial charge in [0, 0.05) is 39.4 Å². The minimum absolute atomic E-state index is 0.00952. The van der Waals surface area contributed by atoms with E-state index in [0.717, 1.165) is 11.3 Å². The SMILES string of the molecule is CC1=C(C(=O)OCC(C)C)[C@@H](c2ccc(Cl)cc2Cl)C2=C(C[C@@H](c3ccccc3)CC2=O)N1. The third-order valence-corrected chi connectivity index (χ3v) is 6.70. The number of hydrogen-bond donors (Lipinski definition) is 1. The van der Waals surface area contributed by atoms with Gasteiger partial charge in [-0.3, -0.25) is 4.79 Å². The molecule has 1 aliphatic heterocycles. The summed E-state index contributed by atoms with van der Waals surface area (Å²) in [6.07, 6.45) is 1.05. The first-order valence-electron chi connectivity index (χ1n) is 11.2. The molecule has 0 amide bonds. The smallest absolute Gasteiger partial charge is 0.336 e. The number of rotatable bonds is 5. The summed E-state index contributed by atoms with van der Waals surface area (Å²) in [6.45, 7) is 6.11. The molecular formula is C27H27Cl2NO3. The fourth-order valence-electron chi connectivity index (χ4n) is 4.64. The van der Waals surface area contributed by atoms with Gasteiger partial charge >= 0.3 is 5.97 Å². The Labute approximate surface area is 204 Å². The van der Waals surface area contributed by atoms with Gasteiger partial charge < -0.3 is 10.1 Å². The summed E-state index contributed by atoms with van der Waals surface area (Å²) < 4.78 is 5.59. The molecule has 4 nitrogen and oxygen atoms in total. The Morgan fingerprint density at radius 1 is 1.12 bits per heavy atom. The van der Waals surface area contributed by atoms with Crippen LogP contribution in [0.1, 0.15) is 56.6 Å². The van der Waals surface area contributed by atoms with E-state index in [1.165, 1.54) is 0 Å². The van der Waals surface area contributed by atoms with E-state index in [2.05, 4.69) is 17.4 Å². The van der Waals surface area contributed by atoms with Gasteiger partial charge in [0.15, 0.2) is 5.78 Å². The normalized spacial score (nSPS) is 20.6. The van der Waals surface area contributed by atoms with Crippen LogP contribution in [-0.2, 0) is 14.3 Å². The molecule has 2 atom stereocenters. The summed E-state index contributed by atoms with van der Waals surface area (Å²) in [5, 5.41) is 4.28. The van der Waals surface area contributed by atoms with Crippen molar-refractivity contribution < 1.29 is 14.3 Å². The molecule has 0 aromatic heterocycles. The fourth-order valence-corrected chi connectivity index (χ4v) is 5.15. The van der Waals surface area contributed by atoms with Crippen LogP contribution in [0.5, 0.6) is 0 Å². The highest BCUT2D eigenvalue weighted by molar-refractivity contribution is 6.35. The van der Waals surface area contributed by atoms with Crippen LogP contribution < -0.4 is 5.32 Å². The van der Waals surface area contributed by atoms with Crippen molar-refractivity contribution in [3.8, 4) is 0 Å². The predicted octanol–water partition coefficient (Wildman–Crippen LogP) is 6.55. The predicted molar refractivity (Wildman–Crippen MR) is 131 cm³/mol. The van der Waals surface area contributed by atoms with Gasteiger partial charge in [-0.2, -0.15) is 0 Å². The molecule has 2 aromatic carbocycles. The largest absolute Gasteiger partial charge is 0.462 e. The van der Waals surface area contributed by atoms with Crippen molar-refractivity contribution in [3.05, 3.63) is 92.2 Å². The standard InChI is InChI=1S/C27H27Cl2NO3/c1-15(2)14-33-27(32)24-16(3)30-22-11-18(17-7-5-4-6-8-17)12-23(31)26(22)25(24)20-10-9-19(28)13-21(20)29/h4-10,13,15,18,25,30H,11-12,14H2,1-3H3/t18-,25-/m1/s1. The monoisotopic (exact) mass is 483 g/mol. The highest BCUT2D eigenvalue weighted by atomic mass is 35.5. The molecule has 0 saturated heterocycles. The molecule has 0 fully saturated rings. The second-order valence-electron chi connectivity index (χ2n) is 9.09. The van der Waals surface area contributed by atoms with Gasteiger partial charge in [-0.25, -0.2) is 4.79 Å². The van der Waals surface area contributed by atoms with Crippen molar-refractivity contribution in [1.82, 2.24) is 5.32 Å². The molecule has 1 heterocycles. The van der Waals surface area contributed by atoms with Crippen LogP contribution in [0, 0.1) is 5.92 Å². The third kappa shape index (κ3) is 4.87. The molecule has 0 unspecified atom stereocenters. The molecule has 1 aliphatic carbocycles. The summed E-state index contributed by atoms with van der Waals surface area (Å²) in [5.74, 6) is -0.755. The van der Waals surface area contributed by atoms with Crippen LogP contribution in [0.4, 0.5) is 0 Å². The maximum Gasteiger partial charge on any atom is 0.336 e. The van der Waals surface area contributed by atoms with Gasteiger partial charge in [-0.05, 0) is 48.4 Å². The number of ketones is 1. The van der Waals surface area contributed by atoms with Crippen molar-refractivity contribution in [2.24, 2.45) is 5.92 Å². The molecule has 172 valence electrons. The number of benzene rings is 2. The van der Waals surface area contributed by atoms with Gasteiger partial charge in [0.25, 0.3) is 0 Å². The van der Waals surface area contributed by atoms with Crippen LogP contribution in [0.25, 0.3) is 0 Å². The van der Waals surface area contributed by atoms with Crippen LogP contribution in [0.2, 0.25) is 10.0 Å². The molecule has 0 spiro atoms. The lowest BCUT2D eigenvalue weighted by molar-refractivity contribution is -0.140. The number of carbonyl (C=O) groups is 2. The number of Topliss-reactive ketones (excluding diaryl/α,β-unsaturated/α-hetero) is 1. The minimum Gasteiger partial charge on any atom is -0.462 e. The van der Waals surface area contributed by atoms with Gasteiger partial charge in [0.05, 0.1) is 12.2 Å². The number of esters is 1. The summed E-state index contributed by atoms with van der Waals surface area (Å²) in [7, 11) is 0. The summed E-state index contributed by atoms with van der Waals surface area (Å²) in [4.78, 5) is 26.8. The highest BCUT2D eigenvalue weighted by Gasteiger charge is 2.42. The van der Waals surface area contributed by atoms with Gasteiger partial charge in [-0.1, -0.05) is 73.4 Å². The van der Waals surface area contributed by atoms with E-state index in [4.69, 9.17) is 27.9 Å². The molecule has 2 aliphatic rings. The topological polar surface area (TPSA) is 55.4 Å². The first-order chi connectivity index (χ1) is 15.8. The zero-order valence-electron chi connectivity index (χ0n) is 19.0. The molecule has 1 N–H and O–H groups in total. The van der Waals surface area contributed by atoms with Crippen molar-refractivity contribution >= 4 is 35.0 Å². The van der Waals surface area contributed by atoms with E-state index in [1.807, 2.05) is 39.0 Å². The van der Waals surface area contributed by atoms with Crippen LogP contribution in [0.15, 0.2) is 71.1 Å². The van der Waals surface area contributed by atoms with Crippen molar-refractivity contribution in [2.75, 3.05) is 6.61 Å². The van der Waals surface area contributed by atoms with Gasteiger partial charge in [-0.15, -0.1) is 0 Å². The lowest BCUT2D eigenvalue weighted by atomic mass is 9.71. The molecule has 2 aromatic rings. The Hall–Kier alpha value is -2.56. The number of carbonyl (C=O) groups excluding carboxylic acids is 2. The van der Waals surface area contributed by atoms with Gasteiger partial charge in [0.1, 0.15) is 0 Å². The molecule has 0 bridgehead atoms. The Morgan fingerprint density at radius 3 is 2.52 bits per heavy atom. The molecule has 4 rings (SSSR count). The van der Waals surface area contributed by atoms with E-state index in [0.29, 0.717) is 51.9 Å². The molecule has 6 heteroatoms. The first-order valence-corrected chi connectivity index (χ1v) is 11.9. The Morgan fingerprint density at radius 2 is 1.85 bits per heavy atom. The van der Waals surface area contributed by atoms with E-state index >= 15 is 0 Å². The molecular weight excluding hydrogens is 457 g/mol. The lowest BCUT2D eigenvalue weighted by Crippen LogP contribution is -2.36. The number of ether oxygens (including phenoxy) is 1. The zero-order valence-corrected chi connectivity index (χ0v) is 20.5. The summed E-state index contributed by atoms with van der Waals surface area (Å²) in [5.41, 5.74) is 4.34. The van der Waals surface area contributed by atoms with Crippen LogP contribution in [-0.4, -0.2) is 18.4 Å². The average molecular weight is 484 g/mol. The highest BCUT2D eigenvalue weighted by Crippen LogP contribution is 2.47. The summed E-state index contributed by atoms with van der Waals surface area (Å²) >= 11 is 12.7. The number of halogens is 2. The first kappa shape index (κ1) is 23.6. The lowest BCUT2D eigenvalue weighted by Gasteiger charge is -2.37. The second-order valence-corrected chi connectivity index (χ2v) is 9.93. The van der Waals surface area contributed by atoms with Crippen LogP contribution >= 0.6 is 23.2 Å². The molecule has 0 radical (unpaired) electrons. The van der Waals surface area contributed by atoms with E-state index in [1.54, 1.807) is 18.2 Å². The van der Waals surface area contributed by atoms with Crippen molar-refractivity contribution in [2.45, 2.75) is 45.4 Å². The fraction of sp³-hybridized carbons (Fsp3) is 0.333. The Kier molecular flexibility index (Phi) is 6.96. The zero-order chi connectivity index (χ0) is 23.7. The number of allylic oxidation sites excluding steroid dienone is 3. The second kappa shape index (κ2) is 9.74. The Bertz CT molecular complexity index is 1150. The van der Waals surface area contributed by atoms with E-state index < -0.39 is 11.9 Å². The molecule has 33 heavy (non-hydrogen) atoms. The maximum absolute atomic E-state index is 13.6. The number of nitrogens with one attached hydrogen (secondary N) is 1. The Balaban J connectivity index is 1.80. The maximum atomic E-state index is 13.6. The number of dihydropyridines is 1. The minimum atomic E-state index is -0.602. The molecule has 0 saturated carbocycles. The van der Waals surface area contributed by atoms with Crippen molar-refractivity contribution in [1.29, 1.82) is 0 Å². The quantitative estimate of drug-likeness (QED) is 0.489. The summed E-state index contributed by atoms with van der Waals surface area (Å²) in [6, 6.07) is 15.2. The average Bonchev–Trinajstić information content (AvgIpc) is 2.77. The van der Waals surface area contributed by atoms with Crippen LogP contribution in [0.3, 0.4) is 0 Å². The van der Waals surface area contributed by atoms with Crippen molar-refractivity contribution in [3.63, 3.8) is 0 Å². The number of hydrogen-bond acceptors (Lipinski definition) is 4. The van der Waals surface area contributed by atoms with E-state index in [-0.39, 0.29) is 17.6 Å². The van der Waals surface area contributed by atoms with Gasteiger partial charge in [0.2, 0.25) is 0 Å². The van der Waals surface area contributed by atoms with E-state index in [9.17, 15) is 9.59 Å².